The van der Waals surface area contributed by atoms with Gasteiger partial charge in [-0.3, -0.25) is 10.1 Å². The van der Waals surface area contributed by atoms with Crippen LogP contribution in [0.1, 0.15) is 24.0 Å². The number of nitro groups is 1. The molecule has 0 bridgehead atoms. The van der Waals surface area contributed by atoms with Crippen molar-refractivity contribution in [2.75, 3.05) is 7.05 Å². The fraction of sp³-hybridized carbons (Fsp3) is 0.500. The van der Waals surface area contributed by atoms with Crippen molar-refractivity contribution in [3.63, 3.8) is 0 Å². The fourth-order valence-corrected chi connectivity index (χ4v) is 2.09. The van der Waals surface area contributed by atoms with Gasteiger partial charge in [0.05, 0.1) is 4.92 Å². The van der Waals surface area contributed by atoms with Crippen molar-refractivity contribution in [3.05, 3.63) is 39.4 Å². The van der Waals surface area contributed by atoms with Gasteiger partial charge in [0.15, 0.2) is 0 Å². The summed E-state index contributed by atoms with van der Waals surface area (Å²) in [6.07, 6.45) is 2.97. The lowest BCUT2D eigenvalue weighted by Crippen LogP contribution is -2.30. The molecule has 4 nitrogen and oxygen atoms in total. The van der Waals surface area contributed by atoms with Gasteiger partial charge in [0.25, 0.3) is 5.69 Å². The first-order chi connectivity index (χ1) is 7.58. The highest BCUT2D eigenvalue weighted by molar-refractivity contribution is 5.46. The van der Waals surface area contributed by atoms with Crippen molar-refractivity contribution >= 4 is 5.69 Å². The molecule has 0 atom stereocenters. The van der Waals surface area contributed by atoms with Crippen molar-refractivity contribution in [1.29, 1.82) is 0 Å². The molecule has 16 heavy (non-hydrogen) atoms. The summed E-state index contributed by atoms with van der Waals surface area (Å²) in [5.41, 5.74) is 2.24. The maximum atomic E-state index is 11.0. The summed E-state index contributed by atoms with van der Waals surface area (Å²) in [6.45, 7) is 1.94. The molecular formula is C12H16N2O2. The molecule has 0 aliphatic heterocycles. The van der Waals surface area contributed by atoms with E-state index >= 15 is 0 Å². The van der Waals surface area contributed by atoms with Crippen LogP contribution in [-0.4, -0.2) is 17.5 Å². The molecule has 0 radical (unpaired) electrons. The van der Waals surface area contributed by atoms with E-state index in [0.717, 1.165) is 30.4 Å². The maximum absolute atomic E-state index is 11.0. The van der Waals surface area contributed by atoms with Gasteiger partial charge >= 0.3 is 0 Å². The number of likely N-dealkylation sites (N-methyl/N-ethyl adjacent to an activating group) is 1. The molecule has 86 valence electrons. The molecule has 1 aromatic rings. The van der Waals surface area contributed by atoms with Crippen LogP contribution >= 0.6 is 0 Å². The number of benzene rings is 1. The summed E-state index contributed by atoms with van der Waals surface area (Å²) in [5, 5.41) is 14.2. The van der Waals surface area contributed by atoms with E-state index in [4.69, 9.17) is 0 Å². The summed E-state index contributed by atoms with van der Waals surface area (Å²) >= 11 is 0. The molecule has 1 N–H and O–H groups in total. The van der Waals surface area contributed by atoms with Crippen molar-refractivity contribution < 1.29 is 4.92 Å². The number of nitrogens with one attached hydrogen (secondary N) is 1. The predicted molar refractivity (Wildman–Crippen MR) is 62.6 cm³/mol. The quantitative estimate of drug-likeness (QED) is 0.625. The first-order valence-corrected chi connectivity index (χ1v) is 5.50. The number of aryl methyl sites for hydroxylation is 1. The number of nitrogens with zero attached hydrogens (tertiary/aromatic N) is 1. The van der Waals surface area contributed by atoms with Gasteiger partial charge in [-0.2, -0.15) is 0 Å². The van der Waals surface area contributed by atoms with Crippen LogP contribution in [0.2, 0.25) is 0 Å². The Morgan fingerprint density at radius 3 is 2.69 bits per heavy atom. The van der Waals surface area contributed by atoms with Gasteiger partial charge in [0.2, 0.25) is 0 Å². The molecule has 1 aliphatic rings. The summed E-state index contributed by atoms with van der Waals surface area (Å²) in [6, 6.07) is 5.28. The second kappa shape index (κ2) is 3.87. The van der Waals surface area contributed by atoms with Gasteiger partial charge in [-0.25, -0.2) is 0 Å². The number of hydrogen-bond donors (Lipinski definition) is 1. The highest BCUT2D eigenvalue weighted by atomic mass is 16.6. The molecular weight excluding hydrogens is 204 g/mol. The molecule has 0 unspecified atom stereocenters. The molecule has 0 aromatic heterocycles. The smallest absolute Gasteiger partial charge is 0.272 e. The van der Waals surface area contributed by atoms with E-state index in [0.29, 0.717) is 0 Å². The predicted octanol–water partition coefficient (Wildman–Crippen LogP) is 2.20. The van der Waals surface area contributed by atoms with Crippen LogP contribution in [0, 0.1) is 17.0 Å². The largest absolute Gasteiger partial charge is 0.314 e. The summed E-state index contributed by atoms with van der Waals surface area (Å²) in [5.74, 6) is 0. The van der Waals surface area contributed by atoms with Gasteiger partial charge < -0.3 is 5.32 Å². The molecule has 4 heteroatoms. The van der Waals surface area contributed by atoms with Gasteiger partial charge in [-0.05, 0) is 38.8 Å². The van der Waals surface area contributed by atoms with E-state index in [-0.39, 0.29) is 16.1 Å². The maximum Gasteiger partial charge on any atom is 0.272 e. The van der Waals surface area contributed by atoms with E-state index in [9.17, 15) is 10.1 Å². The van der Waals surface area contributed by atoms with Crippen LogP contribution in [-0.2, 0) is 6.42 Å². The monoisotopic (exact) mass is 220 g/mol. The zero-order chi connectivity index (χ0) is 11.8. The normalized spacial score (nSPS) is 17.1. The lowest BCUT2D eigenvalue weighted by molar-refractivity contribution is -0.385. The van der Waals surface area contributed by atoms with Crippen molar-refractivity contribution in [2.45, 2.75) is 31.7 Å². The van der Waals surface area contributed by atoms with Crippen LogP contribution < -0.4 is 5.32 Å². The zero-order valence-electron chi connectivity index (χ0n) is 9.62. The average molecular weight is 220 g/mol. The molecule has 1 aromatic carbocycles. The number of rotatable bonds is 4. The lowest BCUT2D eigenvalue weighted by atomic mass is 9.98. The third kappa shape index (κ3) is 1.93. The molecule has 2 rings (SSSR count). The third-order valence-electron chi connectivity index (χ3n) is 3.48. The standard InChI is InChI=1S/C12H16N2O2/c1-9-4-3-5-11(14(15)16)10(9)8-12(13-2)6-7-12/h3-5,13H,6-8H2,1-2H3. The topological polar surface area (TPSA) is 55.2 Å². The minimum atomic E-state index is -0.284. The summed E-state index contributed by atoms with van der Waals surface area (Å²) in [7, 11) is 1.93. The van der Waals surface area contributed by atoms with E-state index in [1.54, 1.807) is 12.1 Å². The Morgan fingerprint density at radius 2 is 2.19 bits per heavy atom. The van der Waals surface area contributed by atoms with E-state index < -0.39 is 0 Å². The Bertz CT molecular complexity index is 425. The van der Waals surface area contributed by atoms with E-state index in [1.165, 1.54) is 0 Å². The zero-order valence-corrected chi connectivity index (χ0v) is 9.62. The van der Waals surface area contributed by atoms with E-state index in [1.807, 2.05) is 20.0 Å². The summed E-state index contributed by atoms with van der Waals surface area (Å²) in [4.78, 5) is 10.7. The molecule has 0 amide bonds. The van der Waals surface area contributed by atoms with Gasteiger partial charge in [0, 0.05) is 17.2 Å². The van der Waals surface area contributed by atoms with Crippen molar-refractivity contribution in [1.82, 2.24) is 5.32 Å². The highest BCUT2D eigenvalue weighted by Crippen LogP contribution is 2.40. The number of hydrogen-bond acceptors (Lipinski definition) is 3. The van der Waals surface area contributed by atoms with Crippen LogP contribution in [0.25, 0.3) is 0 Å². The molecule has 1 fully saturated rings. The Morgan fingerprint density at radius 1 is 1.50 bits per heavy atom. The Hall–Kier alpha value is -1.42. The number of nitro benzene ring substituents is 1. The van der Waals surface area contributed by atoms with Crippen LogP contribution in [0.15, 0.2) is 18.2 Å². The molecule has 1 saturated carbocycles. The average Bonchev–Trinajstić information content (AvgIpc) is 3.01. The van der Waals surface area contributed by atoms with Crippen LogP contribution in [0.4, 0.5) is 5.69 Å². The molecule has 0 saturated heterocycles. The Labute approximate surface area is 94.8 Å². The lowest BCUT2D eigenvalue weighted by Gasteiger charge is -2.15. The summed E-state index contributed by atoms with van der Waals surface area (Å²) < 4.78 is 0. The van der Waals surface area contributed by atoms with Crippen LogP contribution in [0.3, 0.4) is 0 Å². The first kappa shape index (κ1) is 11.1. The minimum absolute atomic E-state index is 0.108. The van der Waals surface area contributed by atoms with Crippen molar-refractivity contribution in [2.24, 2.45) is 0 Å². The Kier molecular flexibility index (Phi) is 2.68. The minimum Gasteiger partial charge on any atom is -0.314 e. The van der Waals surface area contributed by atoms with Gasteiger partial charge in [-0.15, -0.1) is 0 Å². The van der Waals surface area contributed by atoms with Gasteiger partial charge in [0.1, 0.15) is 0 Å². The molecule has 1 aliphatic carbocycles. The van der Waals surface area contributed by atoms with Crippen LogP contribution in [0.5, 0.6) is 0 Å². The molecule has 0 heterocycles. The van der Waals surface area contributed by atoms with Crippen molar-refractivity contribution in [3.8, 4) is 0 Å². The second-order valence-electron chi connectivity index (χ2n) is 4.54. The van der Waals surface area contributed by atoms with Gasteiger partial charge in [-0.1, -0.05) is 12.1 Å². The second-order valence-corrected chi connectivity index (χ2v) is 4.54. The Balaban J connectivity index is 2.35. The molecule has 0 spiro atoms. The highest BCUT2D eigenvalue weighted by Gasteiger charge is 2.42. The fourth-order valence-electron chi connectivity index (χ4n) is 2.09. The van der Waals surface area contributed by atoms with E-state index in [2.05, 4.69) is 5.32 Å². The SMILES string of the molecule is CNC1(Cc2c(C)cccc2[N+](=O)[O-])CC1. The third-order valence-corrected chi connectivity index (χ3v) is 3.48. The first-order valence-electron chi connectivity index (χ1n) is 5.50.